The molecule has 0 saturated carbocycles. The lowest BCUT2D eigenvalue weighted by atomic mass is 9.98. The summed E-state index contributed by atoms with van der Waals surface area (Å²) in [6, 6.07) is 1.41. The van der Waals surface area contributed by atoms with Gasteiger partial charge in [0.05, 0.1) is 0 Å². The van der Waals surface area contributed by atoms with E-state index in [-0.39, 0.29) is 0 Å². The summed E-state index contributed by atoms with van der Waals surface area (Å²) in [6.45, 7) is 6.84. The van der Waals surface area contributed by atoms with Crippen molar-refractivity contribution in [3.63, 3.8) is 0 Å². The van der Waals surface area contributed by atoms with E-state index in [1.807, 2.05) is 0 Å². The first-order valence-corrected chi connectivity index (χ1v) is 7.84. The van der Waals surface area contributed by atoms with E-state index in [0.717, 1.165) is 17.0 Å². The van der Waals surface area contributed by atoms with Crippen LogP contribution in [0, 0.1) is 0 Å². The summed E-state index contributed by atoms with van der Waals surface area (Å²) in [7, 11) is 0. The molecule has 2 aliphatic heterocycles. The van der Waals surface area contributed by atoms with Crippen LogP contribution in [0.15, 0.2) is 0 Å². The highest BCUT2D eigenvalue weighted by Crippen LogP contribution is 2.29. The van der Waals surface area contributed by atoms with Crippen molar-refractivity contribution in [1.29, 1.82) is 0 Å². The van der Waals surface area contributed by atoms with Gasteiger partial charge < -0.3 is 10.2 Å². The highest BCUT2D eigenvalue weighted by molar-refractivity contribution is 7.09. The zero-order valence-electron chi connectivity index (χ0n) is 11.2. The van der Waals surface area contributed by atoms with E-state index in [2.05, 4.69) is 33.4 Å². The van der Waals surface area contributed by atoms with Crippen molar-refractivity contribution in [2.45, 2.75) is 57.5 Å². The molecule has 0 aliphatic carbocycles. The molecule has 0 unspecified atom stereocenters. The molecule has 18 heavy (non-hydrogen) atoms. The van der Waals surface area contributed by atoms with Crippen molar-refractivity contribution in [1.82, 2.24) is 14.3 Å². The summed E-state index contributed by atoms with van der Waals surface area (Å²) in [6.07, 6.45) is 5.28. The fourth-order valence-corrected chi connectivity index (χ4v) is 3.84. The topological polar surface area (TPSA) is 41.1 Å². The second-order valence-electron chi connectivity index (χ2n) is 5.81. The molecule has 2 atom stereocenters. The molecule has 0 radical (unpaired) electrons. The minimum Gasteiger partial charge on any atom is -0.357 e. The van der Waals surface area contributed by atoms with E-state index in [1.165, 1.54) is 50.3 Å². The van der Waals surface area contributed by atoms with Crippen molar-refractivity contribution in [2.24, 2.45) is 0 Å². The van der Waals surface area contributed by atoms with Gasteiger partial charge in [-0.25, -0.2) is 4.98 Å². The maximum absolute atomic E-state index is 4.57. The third-order valence-electron chi connectivity index (χ3n) is 4.11. The maximum atomic E-state index is 4.57. The Bertz CT molecular complexity index is 403. The van der Waals surface area contributed by atoms with Gasteiger partial charge in [0.25, 0.3) is 0 Å². The third kappa shape index (κ3) is 2.52. The lowest BCUT2D eigenvalue weighted by Crippen LogP contribution is -2.42. The Morgan fingerprint density at radius 3 is 3.00 bits per heavy atom. The van der Waals surface area contributed by atoms with E-state index in [4.69, 9.17) is 0 Å². The average Bonchev–Trinajstić information content (AvgIpc) is 2.96. The number of hydrogen-bond acceptors (Lipinski definition) is 5. The lowest BCUT2D eigenvalue weighted by Gasteiger charge is -2.34. The molecule has 5 heteroatoms. The number of nitrogens with one attached hydrogen (secondary N) is 1. The van der Waals surface area contributed by atoms with E-state index in [9.17, 15) is 0 Å². The zero-order chi connectivity index (χ0) is 12.5. The van der Waals surface area contributed by atoms with E-state index in [1.54, 1.807) is 0 Å². The molecule has 4 nitrogen and oxygen atoms in total. The van der Waals surface area contributed by atoms with Gasteiger partial charge in [0.15, 0.2) is 0 Å². The molecule has 0 bridgehead atoms. The number of aromatic nitrogens is 2. The van der Waals surface area contributed by atoms with Gasteiger partial charge >= 0.3 is 0 Å². The molecule has 100 valence electrons. The summed E-state index contributed by atoms with van der Waals surface area (Å²) in [4.78, 5) is 7.22. The normalized spacial score (nSPS) is 28.6. The van der Waals surface area contributed by atoms with Crippen LogP contribution in [0.1, 0.15) is 51.3 Å². The number of piperidine rings is 1. The van der Waals surface area contributed by atoms with Crippen LogP contribution in [-0.2, 0) is 0 Å². The molecule has 1 aromatic rings. The molecule has 3 heterocycles. The number of fused-ring (bicyclic) bond motifs is 1. The van der Waals surface area contributed by atoms with E-state index >= 15 is 0 Å². The van der Waals surface area contributed by atoms with Crippen LogP contribution in [0.2, 0.25) is 0 Å². The monoisotopic (exact) mass is 266 g/mol. The molecule has 0 spiro atoms. The van der Waals surface area contributed by atoms with Crippen molar-refractivity contribution in [2.75, 3.05) is 18.4 Å². The summed E-state index contributed by atoms with van der Waals surface area (Å²) in [5, 5.41) is 4.60. The van der Waals surface area contributed by atoms with Crippen molar-refractivity contribution in [3.05, 3.63) is 5.82 Å². The molecule has 2 fully saturated rings. The average molecular weight is 266 g/mol. The molecular weight excluding hydrogens is 244 g/mol. The van der Waals surface area contributed by atoms with Crippen molar-refractivity contribution < 1.29 is 0 Å². The zero-order valence-corrected chi connectivity index (χ0v) is 12.0. The number of rotatable bonds is 3. The van der Waals surface area contributed by atoms with E-state index < -0.39 is 0 Å². The molecule has 1 N–H and O–H groups in total. The second kappa shape index (κ2) is 5.13. The molecule has 2 aliphatic rings. The van der Waals surface area contributed by atoms with Crippen LogP contribution >= 0.6 is 11.5 Å². The third-order valence-corrected chi connectivity index (χ3v) is 4.77. The van der Waals surface area contributed by atoms with Crippen LogP contribution in [-0.4, -0.2) is 39.4 Å². The summed E-state index contributed by atoms with van der Waals surface area (Å²) in [5.74, 6) is 1.40. The SMILES string of the molecule is CC(C)c1nsc(N[C@@H]2CCN3CCC[C@H]3C2)n1. The van der Waals surface area contributed by atoms with Crippen LogP contribution in [0.3, 0.4) is 0 Å². The highest BCUT2D eigenvalue weighted by atomic mass is 32.1. The maximum Gasteiger partial charge on any atom is 0.202 e. The van der Waals surface area contributed by atoms with Gasteiger partial charge in [-0.1, -0.05) is 13.8 Å². The lowest BCUT2D eigenvalue weighted by molar-refractivity contribution is 0.188. The molecule has 0 aromatic carbocycles. The fourth-order valence-electron chi connectivity index (χ4n) is 3.06. The van der Waals surface area contributed by atoms with Crippen molar-refractivity contribution >= 4 is 16.7 Å². The summed E-state index contributed by atoms with van der Waals surface area (Å²) >= 11 is 1.51. The Morgan fingerprint density at radius 1 is 1.33 bits per heavy atom. The first-order chi connectivity index (χ1) is 8.72. The number of nitrogens with zero attached hydrogens (tertiary/aromatic N) is 3. The highest BCUT2D eigenvalue weighted by Gasteiger charge is 2.31. The second-order valence-corrected chi connectivity index (χ2v) is 6.56. The van der Waals surface area contributed by atoms with Gasteiger partial charge in [0.1, 0.15) is 5.82 Å². The van der Waals surface area contributed by atoms with Crippen LogP contribution < -0.4 is 5.32 Å². The Morgan fingerprint density at radius 2 is 2.22 bits per heavy atom. The summed E-state index contributed by atoms with van der Waals surface area (Å²) in [5.41, 5.74) is 0. The van der Waals surface area contributed by atoms with Gasteiger partial charge in [-0.3, -0.25) is 0 Å². The molecule has 3 rings (SSSR count). The molecule has 2 saturated heterocycles. The van der Waals surface area contributed by atoms with E-state index in [0.29, 0.717) is 12.0 Å². The molecular formula is C13H22N4S. The minimum atomic E-state index is 0.425. The smallest absolute Gasteiger partial charge is 0.202 e. The van der Waals surface area contributed by atoms with Gasteiger partial charge in [-0.2, -0.15) is 4.37 Å². The molecule has 1 aromatic heterocycles. The Labute approximate surface area is 113 Å². The fraction of sp³-hybridized carbons (Fsp3) is 0.846. The first kappa shape index (κ1) is 12.4. The number of anilines is 1. The largest absolute Gasteiger partial charge is 0.357 e. The van der Waals surface area contributed by atoms with Gasteiger partial charge in [0.2, 0.25) is 5.13 Å². The Hall–Kier alpha value is -0.680. The van der Waals surface area contributed by atoms with Crippen LogP contribution in [0.25, 0.3) is 0 Å². The molecule has 0 amide bonds. The van der Waals surface area contributed by atoms with Gasteiger partial charge in [-0.05, 0) is 32.2 Å². The van der Waals surface area contributed by atoms with Gasteiger partial charge in [-0.15, -0.1) is 0 Å². The number of hydrogen-bond donors (Lipinski definition) is 1. The van der Waals surface area contributed by atoms with Crippen molar-refractivity contribution in [3.8, 4) is 0 Å². The standard InChI is InChI=1S/C13H22N4S/c1-9(2)12-15-13(18-16-12)14-10-5-7-17-6-3-4-11(17)8-10/h9-11H,3-8H2,1-2H3,(H,14,15,16)/t10-,11+/m1/s1. The quantitative estimate of drug-likeness (QED) is 0.913. The Balaban J connectivity index is 1.59. The predicted molar refractivity (Wildman–Crippen MR) is 75.2 cm³/mol. The van der Waals surface area contributed by atoms with Crippen LogP contribution in [0.5, 0.6) is 0 Å². The minimum absolute atomic E-state index is 0.425. The van der Waals surface area contributed by atoms with Crippen LogP contribution in [0.4, 0.5) is 5.13 Å². The Kier molecular flexibility index (Phi) is 3.52. The van der Waals surface area contributed by atoms with Gasteiger partial charge in [0, 0.05) is 36.1 Å². The first-order valence-electron chi connectivity index (χ1n) is 7.06. The predicted octanol–water partition coefficient (Wildman–Crippen LogP) is 2.70. The summed E-state index contributed by atoms with van der Waals surface area (Å²) < 4.78 is 4.41.